The molecule has 3 heteroatoms. The molecular weight excluding hydrogens is 406 g/mol. The monoisotopic (exact) mass is 453 g/mol. The Balaban J connectivity index is 1.63. The lowest BCUT2D eigenvalue weighted by molar-refractivity contribution is -0.184. The van der Waals surface area contributed by atoms with Gasteiger partial charge in [0.05, 0.1) is 0 Å². The van der Waals surface area contributed by atoms with Gasteiger partial charge in [-0.2, -0.15) is 0 Å². The van der Waals surface area contributed by atoms with Crippen molar-refractivity contribution in [3.05, 3.63) is 11.6 Å². The summed E-state index contributed by atoms with van der Waals surface area (Å²) in [6, 6.07) is 0. The normalized spacial score (nSPS) is 53.1. The van der Waals surface area contributed by atoms with E-state index >= 15 is 0 Å². The summed E-state index contributed by atoms with van der Waals surface area (Å²) in [6.07, 6.45) is 13.3. The van der Waals surface area contributed by atoms with Crippen LogP contribution in [0.5, 0.6) is 0 Å². The highest BCUT2D eigenvalue weighted by molar-refractivity contribution is 5.95. The Bertz CT molecular complexity index is 934. The fraction of sp³-hybridized carbons (Fsp3) is 0.867. The van der Waals surface area contributed by atoms with Gasteiger partial charge in [-0.3, -0.25) is 9.59 Å². The van der Waals surface area contributed by atoms with Crippen molar-refractivity contribution in [3.8, 4) is 0 Å². The largest absolute Gasteiger partial charge is 0.369 e. The fourth-order valence-corrected chi connectivity index (χ4v) is 10.5. The lowest BCUT2D eigenvalue weighted by atomic mass is 9.33. The average Bonchev–Trinajstić information content (AvgIpc) is 2.70. The molecule has 2 N–H and O–H groups in total. The van der Waals surface area contributed by atoms with Gasteiger partial charge < -0.3 is 5.73 Å². The first-order valence-electron chi connectivity index (χ1n) is 13.7. The van der Waals surface area contributed by atoms with E-state index in [-0.39, 0.29) is 39.4 Å². The van der Waals surface area contributed by atoms with Crippen LogP contribution < -0.4 is 5.73 Å². The first-order chi connectivity index (χ1) is 15.1. The molecule has 184 valence electrons. The highest BCUT2D eigenvalue weighted by Crippen LogP contribution is 2.75. The van der Waals surface area contributed by atoms with Crippen molar-refractivity contribution < 1.29 is 9.59 Å². The molecule has 5 aliphatic carbocycles. The lowest BCUT2D eigenvalue weighted by Gasteiger charge is -2.70. The minimum atomic E-state index is -0.457. The molecule has 4 saturated carbocycles. The van der Waals surface area contributed by atoms with Crippen LogP contribution in [0, 0.1) is 50.2 Å². The van der Waals surface area contributed by atoms with Gasteiger partial charge in [0, 0.05) is 11.3 Å². The summed E-state index contributed by atoms with van der Waals surface area (Å²) in [6.45, 7) is 16.8. The second kappa shape index (κ2) is 6.76. The van der Waals surface area contributed by atoms with E-state index < -0.39 is 5.41 Å². The van der Waals surface area contributed by atoms with Crippen LogP contribution in [0.4, 0.5) is 0 Å². The van der Waals surface area contributed by atoms with Crippen LogP contribution in [0.25, 0.3) is 0 Å². The van der Waals surface area contributed by atoms with Crippen LogP contribution in [0.1, 0.15) is 113 Å². The summed E-state index contributed by atoms with van der Waals surface area (Å²) >= 11 is 0. The summed E-state index contributed by atoms with van der Waals surface area (Å²) < 4.78 is 0. The van der Waals surface area contributed by atoms with Gasteiger partial charge in [0.2, 0.25) is 5.91 Å². The molecule has 3 nitrogen and oxygen atoms in total. The number of ketones is 1. The van der Waals surface area contributed by atoms with Crippen molar-refractivity contribution in [2.75, 3.05) is 0 Å². The molecule has 0 spiro atoms. The van der Waals surface area contributed by atoms with Crippen LogP contribution in [0.15, 0.2) is 11.6 Å². The van der Waals surface area contributed by atoms with Gasteiger partial charge in [-0.05, 0) is 103 Å². The summed E-state index contributed by atoms with van der Waals surface area (Å²) in [4.78, 5) is 26.7. The second-order valence-electron chi connectivity index (χ2n) is 15.0. The summed E-state index contributed by atoms with van der Waals surface area (Å²) in [7, 11) is 0. The molecule has 1 amide bonds. The van der Waals surface area contributed by atoms with E-state index in [0.717, 1.165) is 25.7 Å². The number of rotatable bonds is 1. The van der Waals surface area contributed by atoms with Gasteiger partial charge in [0.15, 0.2) is 5.78 Å². The van der Waals surface area contributed by atoms with E-state index in [1.165, 1.54) is 44.1 Å². The molecule has 5 aliphatic rings. The third kappa shape index (κ3) is 2.86. The molecule has 4 fully saturated rings. The Labute approximate surface area is 201 Å². The molecule has 0 aromatic rings. The number of fused-ring (bicyclic) bond motifs is 7. The Kier molecular flexibility index (Phi) is 4.83. The standard InChI is InChI=1S/C30H47NO2/c1-25(2)10-8-11-28(5)22(25)9-12-30(7)23(28)21(32)17-19-20-18-27(4,24(31)33)14-13-26(20,3)15-16-29(19,30)6/h17,20,22-23H,8-16,18H2,1-7H3,(H2,31,33)/t20-,22?,23-,26-,27?,28+,29-,30-/m1/s1. The zero-order valence-electron chi connectivity index (χ0n) is 22.3. The Morgan fingerprint density at radius 2 is 1.58 bits per heavy atom. The Morgan fingerprint density at radius 3 is 2.24 bits per heavy atom. The molecule has 0 aromatic carbocycles. The van der Waals surface area contributed by atoms with Gasteiger partial charge >= 0.3 is 0 Å². The third-order valence-corrected chi connectivity index (χ3v) is 12.9. The number of carbonyl (C=O) groups excluding carboxylic acids is 2. The lowest BCUT2D eigenvalue weighted by Crippen LogP contribution is -2.65. The Hall–Kier alpha value is -1.12. The van der Waals surface area contributed by atoms with Crippen molar-refractivity contribution in [3.63, 3.8) is 0 Å². The highest BCUT2D eigenvalue weighted by atomic mass is 16.1. The van der Waals surface area contributed by atoms with Crippen LogP contribution in [-0.2, 0) is 9.59 Å². The topological polar surface area (TPSA) is 60.2 Å². The second-order valence-corrected chi connectivity index (χ2v) is 15.0. The van der Waals surface area contributed by atoms with Gasteiger partial charge in [-0.15, -0.1) is 0 Å². The zero-order chi connectivity index (χ0) is 24.2. The first kappa shape index (κ1) is 23.6. The predicted octanol–water partition coefficient (Wildman–Crippen LogP) is 6.84. The minimum absolute atomic E-state index is 0.00522. The zero-order valence-corrected chi connectivity index (χ0v) is 22.3. The van der Waals surface area contributed by atoms with Crippen LogP contribution in [0.2, 0.25) is 0 Å². The number of amides is 1. The van der Waals surface area contributed by atoms with Gasteiger partial charge in [-0.25, -0.2) is 0 Å². The average molecular weight is 454 g/mol. The van der Waals surface area contributed by atoms with Crippen molar-refractivity contribution in [1.29, 1.82) is 0 Å². The Morgan fingerprint density at radius 1 is 0.909 bits per heavy atom. The summed E-state index contributed by atoms with van der Waals surface area (Å²) in [5.74, 6) is 1.26. The molecule has 33 heavy (non-hydrogen) atoms. The predicted molar refractivity (Wildman–Crippen MR) is 133 cm³/mol. The molecule has 0 bridgehead atoms. The quantitative estimate of drug-likeness (QED) is 0.472. The maximum atomic E-state index is 14.2. The van der Waals surface area contributed by atoms with Crippen LogP contribution in [0.3, 0.4) is 0 Å². The number of allylic oxidation sites excluding steroid dienone is 2. The van der Waals surface area contributed by atoms with Crippen molar-refractivity contribution in [2.24, 2.45) is 56.0 Å². The molecule has 0 aromatic heterocycles. The molecular formula is C30H47NO2. The maximum absolute atomic E-state index is 14.2. The number of hydrogen-bond acceptors (Lipinski definition) is 2. The number of carbonyl (C=O) groups is 2. The number of primary amides is 1. The van der Waals surface area contributed by atoms with Crippen molar-refractivity contribution in [2.45, 2.75) is 113 Å². The molecule has 0 radical (unpaired) electrons. The van der Waals surface area contributed by atoms with Crippen LogP contribution in [-0.4, -0.2) is 11.7 Å². The maximum Gasteiger partial charge on any atom is 0.223 e. The van der Waals surface area contributed by atoms with Crippen LogP contribution >= 0.6 is 0 Å². The summed E-state index contributed by atoms with van der Waals surface area (Å²) in [5, 5.41) is 0. The molecule has 0 heterocycles. The smallest absolute Gasteiger partial charge is 0.223 e. The van der Waals surface area contributed by atoms with Gasteiger partial charge in [0.1, 0.15) is 0 Å². The van der Waals surface area contributed by atoms with Crippen molar-refractivity contribution >= 4 is 11.7 Å². The fourth-order valence-electron chi connectivity index (χ4n) is 10.5. The first-order valence-corrected chi connectivity index (χ1v) is 13.7. The van der Waals surface area contributed by atoms with E-state index in [2.05, 4.69) is 54.5 Å². The molecule has 5 rings (SSSR count). The molecule has 2 unspecified atom stereocenters. The third-order valence-electron chi connectivity index (χ3n) is 12.9. The molecule has 0 saturated heterocycles. The number of nitrogens with two attached hydrogens (primary N) is 1. The van der Waals surface area contributed by atoms with E-state index in [1.807, 2.05) is 0 Å². The highest BCUT2D eigenvalue weighted by Gasteiger charge is 2.69. The van der Waals surface area contributed by atoms with Gasteiger partial charge in [0.25, 0.3) is 0 Å². The van der Waals surface area contributed by atoms with Gasteiger partial charge in [-0.1, -0.05) is 60.5 Å². The van der Waals surface area contributed by atoms with E-state index in [9.17, 15) is 9.59 Å². The molecule has 8 atom stereocenters. The number of hydrogen-bond donors (Lipinski definition) is 1. The molecule has 0 aliphatic heterocycles. The minimum Gasteiger partial charge on any atom is -0.369 e. The van der Waals surface area contributed by atoms with Crippen molar-refractivity contribution in [1.82, 2.24) is 0 Å². The SMILES string of the molecule is CC1(C(N)=O)CC[C@]2(C)CC[C@]3(C)C(=CC(=O)[C@@H]4[C@@]5(C)CCCC(C)(C)C5CC[C@]43C)[C@H]2C1. The summed E-state index contributed by atoms with van der Waals surface area (Å²) in [5.41, 5.74) is 7.45. The van der Waals surface area contributed by atoms with E-state index in [0.29, 0.717) is 17.1 Å². The van der Waals surface area contributed by atoms with E-state index in [1.54, 1.807) is 0 Å². The van der Waals surface area contributed by atoms with E-state index in [4.69, 9.17) is 5.73 Å².